The zero-order chi connectivity index (χ0) is 17.1. The van der Waals surface area contributed by atoms with Crippen molar-refractivity contribution in [1.82, 2.24) is 15.5 Å². The molecule has 1 spiro atoms. The molecule has 2 saturated carbocycles. The monoisotopic (exact) mass is 348 g/mol. The largest absolute Gasteiger partial charge is 0.377 e. The van der Waals surface area contributed by atoms with Gasteiger partial charge in [-0.1, -0.05) is 19.3 Å². The van der Waals surface area contributed by atoms with Gasteiger partial charge in [0.15, 0.2) is 5.96 Å². The summed E-state index contributed by atoms with van der Waals surface area (Å²) < 4.78 is 6.11. The first-order chi connectivity index (χ1) is 12.3. The molecule has 5 nitrogen and oxygen atoms in total. The number of nitrogens with one attached hydrogen (secondary N) is 2. The molecule has 0 aromatic heterocycles. The van der Waals surface area contributed by atoms with E-state index in [1.54, 1.807) is 0 Å². The first-order valence-electron chi connectivity index (χ1n) is 10.7. The Labute approximate surface area is 153 Å². The number of hydrogen-bond acceptors (Lipinski definition) is 3. The maximum absolute atomic E-state index is 6.11. The van der Waals surface area contributed by atoms with Crippen molar-refractivity contribution >= 4 is 5.96 Å². The van der Waals surface area contributed by atoms with Gasteiger partial charge in [0.05, 0.1) is 12.6 Å². The van der Waals surface area contributed by atoms with Crippen LogP contribution in [0.1, 0.15) is 58.3 Å². The van der Waals surface area contributed by atoms with Crippen molar-refractivity contribution in [2.24, 2.45) is 16.3 Å². The molecule has 25 heavy (non-hydrogen) atoms. The number of fused-ring (bicyclic) bond motifs is 2. The molecule has 4 rings (SSSR count). The Balaban J connectivity index is 1.36. The second-order valence-electron chi connectivity index (χ2n) is 8.47. The van der Waals surface area contributed by atoms with Gasteiger partial charge < -0.3 is 20.3 Å². The first kappa shape index (κ1) is 17.6. The van der Waals surface area contributed by atoms with Gasteiger partial charge in [-0.25, -0.2) is 0 Å². The molecule has 3 unspecified atom stereocenters. The van der Waals surface area contributed by atoms with Crippen molar-refractivity contribution in [2.75, 3.05) is 39.3 Å². The van der Waals surface area contributed by atoms with Crippen LogP contribution in [0.3, 0.4) is 0 Å². The van der Waals surface area contributed by atoms with Crippen LogP contribution in [0, 0.1) is 11.3 Å². The van der Waals surface area contributed by atoms with Crippen LogP contribution in [0.2, 0.25) is 0 Å². The number of hydrogen-bond donors (Lipinski definition) is 2. The summed E-state index contributed by atoms with van der Waals surface area (Å²) >= 11 is 0. The van der Waals surface area contributed by atoms with Crippen LogP contribution >= 0.6 is 0 Å². The quantitative estimate of drug-likeness (QED) is 0.592. The van der Waals surface area contributed by atoms with Crippen molar-refractivity contribution in [3.63, 3.8) is 0 Å². The van der Waals surface area contributed by atoms with E-state index < -0.39 is 0 Å². The summed E-state index contributed by atoms with van der Waals surface area (Å²) in [5.74, 6) is 1.73. The third kappa shape index (κ3) is 3.42. The highest BCUT2D eigenvalue weighted by Crippen LogP contribution is 2.60. The van der Waals surface area contributed by atoms with Crippen LogP contribution in [-0.4, -0.2) is 62.3 Å². The molecule has 2 aliphatic carbocycles. The highest BCUT2D eigenvalue weighted by molar-refractivity contribution is 5.80. The lowest BCUT2D eigenvalue weighted by molar-refractivity contribution is -0.125. The molecule has 142 valence electrons. The van der Waals surface area contributed by atoms with Gasteiger partial charge >= 0.3 is 0 Å². The summed E-state index contributed by atoms with van der Waals surface area (Å²) in [7, 11) is 0. The molecule has 3 atom stereocenters. The minimum atomic E-state index is 0.393. The zero-order valence-electron chi connectivity index (χ0n) is 15.9. The van der Waals surface area contributed by atoms with Crippen LogP contribution in [-0.2, 0) is 4.74 Å². The van der Waals surface area contributed by atoms with Gasteiger partial charge in [0.1, 0.15) is 0 Å². The zero-order valence-corrected chi connectivity index (χ0v) is 15.9. The van der Waals surface area contributed by atoms with E-state index in [9.17, 15) is 0 Å². The first-order valence-corrected chi connectivity index (χ1v) is 10.7. The van der Waals surface area contributed by atoms with Crippen LogP contribution < -0.4 is 10.6 Å². The van der Waals surface area contributed by atoms with Gasteiger partial charge in [-0.2, -0.15) is 0 Å². The van der Waals surface area contributed by atoms with Crippen LogP contribution in [0.25, 0.3) is 0 Å². The second-order valence-corrected chi connectivity index (χ2v) is 8.47. The Hall–Kier alpha value is -0.810. The summed E-state index contributed by atoms with van der Waals surface area (Å²) in [6, 6.07) is 0.565. The fraction of sp³-hybridized carbons (Fsp3) is 0.950. The van der Waals surface area contributed by atoms with Gasteiger partial charge in [0.25, 0.3) is 0 Å². The smallest absolute Gasteiger partial charge is 0.191 e. The number of rotatable bonds is 5. The number of aliphatic imine (C=N–C) groups is 1. The van der Waals surface area contributed by atoms with E-state index in [4.69, 9.17) is 9.73 Å². The SMILES string of the molecule is CCNC(=NCCN1CCCCC1)NC1C2CCOC2C12CCCC2. The highest BCUT2D eigenvalue weighted by Gasteiger charge is 2.65. The maximum Gasteiger partial charge on any atom is 0.191 e. The van der Waals surface area contributed by atoms with Crippen LogP contribution in [0.4, 0.5) is 0 Å². The predicted molar refractivity (Wildman–Crippen MR) is 102 cm³/mol. The number of nitrogens with zero attached hydrogens (tertiary/aromatic N) is 2. The molecule has 5 heteroatoms. The van der Waals surface area contributed by atoms with Gasteiger partial charge in [-0.15, -0.1) is 0 Å². The summed E-state index contributed by atoms with van der Waals surface area (Å²) in [6.45, 7) is 8.56. The third-order valence-corrected chi connectivity index (χ3v) is 7.06. The molecule has 4 fully saturated rings. The molecule has 0 amide bonds. The van der Waals surface area contributed by atoms with Crippen LogP contribution in [0.5, 0.6) is 0 Å². The van der Waals surface area contributed by atoms with E-state index in [-0.39, 0.29) is 0 Å². The van der Waals surface area contributed by atoms with E-state index in [0.717, 1.165) is 32.2 Å². The predicted octanol–water partition coefficient (Wildman–Crippen LogP) is 2.38. The Morgan fingerprint density at radius 3 is 2.72 bits per heavy atom. The Bertz CT molecular complexity index is 468. The normalized spacial score (nSPS) is 34.8. The van der Waals surface area contributed by atoms with Gasteiger partial charge in [0, 0.05) is 37.1 Å². The van der Waals surface area contributed by atoms with Crippen molar-refractivity contribution in [3.8, 4) is 0 Å². The van der Waals surface area contributed by atoms with Crippen molar-refractivity contribution in [1.29, 1.82) is 0 Å². The molecule has 0 aromatic carbocycles. The molecule has 2 saturated heterocycles. The van der Waals surface area contributed by atoms with Crippen molar-refractivity contribution in [2.45, 2.75) is 70.4 Å². The fourth-order valence-corrected chi connectivity index (χ4v) is 5.86. The summed E-state index contributed by atoms with van der Waals surface area (Å²) in [5.41, 5.74) is 0.393. The fourth-order valence-electron chi connectivity index (χ4n) is 5.86. The number of ether oxygens (including phenoxy) is 1. The molecular weight excluding hydrogens is 312 g/mol. The van der Waals surface area contributed by atoms with E-state index in [0.29, 0.717) is 23.5 Å². The van der Waals surface area contributed by atoms with Gasteiger partial charge in [-0.05, 0) is 52.1 Å². The van der Waals surface area contributed by atoms with Gasteiger partial charge in [0.2, 0.25) is 0 Å². The Morgan fingerprint density at radius 2 is 1.96 bits per heavy atom. The topological polar surface area (TPSA) is 48.9 Å². The maximum atomic E-state index is 6.11. The van der Waals surface area contributed by atoms with Crippen molar-refractivity contribution < 1.29 is 4.74 Å². The molecule has 0 radical (unpaired) electrons. The summed E-state index contributed by atoms with van der Waals surface area (Å²) in [6.07, 6.45) is 11.3. The van der Waals surface area contributed by atoms with Gasteiger partial charge in [-0.3, -0.25) is 4.99 Å². The van der Waals surface area contributed by atoms with Crippen molar-refractivity contribution in [3.05, 3.63) is 0 Å². The number of guanidine groups is 1. The Morgan fingerprint density at radius 1 is 1.16 bits per heavy atom. The highest BCUT2D eigenvalue weighted by atomic mass is 16.5. The van der Waals surface area contributed by atoms with E-state index in [1.807, 2.05) is 0 Å². The molecule has 2 heterocycles. The average molecular weight is 349 g/mol. The standard InChI is InChI=1S/C20H36N4O/c1-2-21-19(22-11-14-24-12-6-3-7-13-24)23-17-16-8-15-25-18(16)20(17)9-4-5-10-20/h16-18H,2-15H2,1H3,(H2,21,22,23). The minimum Gasteiger partial charge on any atom is -0.377 e. The molecule has 2 N–H and O–H groups in total. The molecule has 2 aliphatic heterocycles. The van der Waals surface area contributed by atoms with E-state index in [2.05, 4.69) is 22.5 Å². The number of piperidine rings is 1. The average Bonchev–Trinajstić information content (AvgIpc) is 3.29. The lowest BCUT2D eigenvalue weighted by Crippen LogP contribution is -2.69. The number of likely N-dealkylation sites (tertiary alicyclic amines) is 1. The second kappa shape index (κ2) is 7.83. The van der Waals surface area contributed by atoms with E-state index in [1.165, 1.54) is 64.5 Å². The molecule has 4 aliphatic rings. The third-order valence-electron chi connectivity index (χ3n) is 7.06. The minimum absolute atomic E-state index is 0.393. The lowest BCUT2D eigenvalue weighted by atomic mass is 9.54. The van der Waals surface area contributed by atoms with E-state index >= 15 is 0 Å². The summed E-state index contributed by atoms with van der Waals surface area (Å²) in [5, 5.41) is 7.32. The summed E-state index contributed by atoms with van der Waals surface area (Å²) in [4.78, 5) is 7.48. The lowest BCUT2D eigenvalue weighted by Gasteiger charge is -2.57. The van der Waals surface area contributed by atoms with Crippen LogP contribution in [0.15, 0.2) is 4.99 Å². The molecule has 0 aromatic rings. The Kier molecular flexibility index (Phi) is 5.51. The molecule has 0 bridgehead atoms. The molecular formula is C20H36N4O.